The molecule has 0 saturated carbocycles. The number of nitrogens with zero attached hydrogens (tertiary/aromatic N) is 2. The number of carbonyl (C=O) groups is 1. The Labute approximate surface area is 165 Å². The lowest BCUT2D eigenvalue weighted by molar-refractivity contribution is -0.122. The Hall–Kier alpha value is -2.71. The number of aryl methyl sites for hydroxylation is 1. The molecule has 1 fully saturated rings. The maximum Gasteiger partial charge on any atom is 0.336 e. The molecule has 1 amide bonds. The number of aromatic nitrogens is 2. The molecule has 0 aliphatic carbocycles. The molecule has 0 spiro atoms. The molecule has 1 aliphatic heterocycles. The van der Waals surface area contributed by atoms with Crippen LogP contribution in [0.25, 0.3) is 15.9 Å². The first-order chi connectivity index (χ1) is 13.5. The van der Waals surface area contributed by atoms with Gasteiger partial charge in [-0.25, -0.2) is 9.36 Å². The van der Waals surface area contributed by atoms with Crippen molar-refractivity contribution in [1.82, 2.24) is 14.5 Å². The Bertz CT molecular complexity index is 1120. The van der Waals surface area contributed by atoms with Crippen molar-refractivity contribution >= 4 is 27.5 Å². The summed E-state index contributed by atoms with van der Waals surface area (Å²) >= 11 is 1.26. The number of hydrogen-bond acceptors (Lipinski definition) is 5. The predicted molar refractivity (Wildman–Crippen MR) is 108 cm³/mol. The number of benzene rings is 1. The molecule has 3 aromatic rings. The van der Waals surface area contributed by atoms with E-state index in [1.54, 1.807) is 23.6 Å². The fourth-order valence-electron chi connectivity index (χ4n) is 3.39. The van der Waals surface area contributed by atoms with E-state index in [0.717, 1.165) is 29.6 Å². The summed E-state index contributed by atoms with van der Waals surface area (Å²) < 4.78 is 8.45. The largest absolute Gasteiger partial charge is 0.376 e. The van der Waals surface area contributed by atoms with Gasteiger partial charge in [0.05, 0.1) is 17.3 Å². The van der Waals surface area contributed by atoms with E-state index in [1.807, 2.05) is 19.1 Å². The summed E-state index contributed by atoms with van der Waals surface area (Å²) in [6.07, 6.45) is 1.95. The molecule has 1 atom stereocenters. The van der Waals surface area contributed by atoms with E-state index in [4.69, 9.17) is 4.74 Å². The molecule has 146 valence electrons. The number of amides is 1. The van der Waals surface area contributed by atoms with Crippen LogP contribution in [0.1, 0.15) is 18.4 Å². The molecular formula is C20H21N3O4S. The Balaban J connectivity index is 1.70. The monoisotopic (exact) mass is 399 g/mol. The summed E-state index contributed by atoms with van der Waals surface area (Å²) in [4.78, 5) is 38.4. The summed E-state index contributed by atoms with van der Waals surface area (Å²) in [5.41, 5.74) is 1.12. The molecule has 1 unspecified atom stereocenters. The van der Waals surface area contributed by atoms with Crippen LogP contribution in [-0.2, 0) is 16.1 Å². The minimum Gasteiger partial charge on any atom is -0.376 e. The second kappa shape index (κ2) is 7.73. The molecule has 3 heterocycles. The van der Waals surface area contributed by atoms with Crippen LogP contribution in [0.5, 0.6) is 0 Å². The van der Waals surface area contributed by atoms with Gasteiger partial charge in [0.25, 0.3) is 5.56 Å². The van der Waals surface area contributed by atoms with Gasteiger partial charge in [0.15, 0.2) is 0 Å². The van der Waals surface area contributed by atoms with Crippen LogP contribution in [0.2, 0.25) is 0 Å². The Morgan fingerprint density at radius 1 is 1.25 bits per heavy atom. The lowest BCUT2D eigenvalue weighted by Crippen LogP contribution is -2.42. The van der Waals surface area contributed by atoms with Gasteiger partial charge in [-0.3, -0.25) is 14.2 Å². The summed E-state index contributed by atoms with van der Waals surface area (Å²) in [6.45, 7) is 2.94. The van der Waals surface area contributed by atoms with Crippen molar-refractivity contribution in [3.63, 3.8) is 0 Å². The van der Waals surface area contributed by atoms with Gasteiger partial charge in [-0.1, -0.05) is 17.7 Å². The van der Waals surface area contributed by atoms with E-state index in [1.165, 1.54) is 15.9 Å². The van der Waals surface area contributed by atoms with E-state index in [2.05, 4.69) is 5.32 Å². The number of ether oxygens (including phenoxy) is 1. The Kier molecular flexibility index (Phi) is 5.15. The maximum absolute atomic E-state index is 13.1. The Morgan fingerprint density at radius 2 is 2.04 bits per heavy atom. The number of fused-ring (bicyclic) bond motifs is 1. The van der Waals surface area contributed by atoms with E-state index in [9.17, 15) is 14.4 Å². The topological polar surface area (TPSA) is 82.3 Å². The molecule has 8 heteroatoms. The number of carbonyl (C=O) groups excluding carboxylic acids is 1. The van der Waals surface area contributed by atoms with E-state index in [0.29, 0.717) is 22.4 Å². The van der Waals surface area contributed by atoms with Crippen LogP contribution < -0.4 is 16.6 Å². The molecule has 1 saturated heterocycles. The van der Waals surface area contributed by atoms with Crippen LogP contribution in [0.15, 0.2) is 45.3 Å². The van der Waals surface area contributed by atoms with E-state index < -0.39 is 5.69 Å². The lowest BCUT2D eigenvalue weighted by Gasteiger charge is -2.14. The third-order valence-corrected chi connectivity index (χ3v) is 5.79. The molecule has 7 nitrogen and oxygen atoms in total. The van der Waals surface area contributed by atoms with Crippen LogP contribution >= 0.6 is 11.3 Å². The van der Waals surface area contributed by atoms with Crippen molar-refractivity contribution in [1.29, 1.82) is 0 Å². The van der Waals surface area contributed by atoms with Crippen molar-refractivity contribution < 1.29 is 9.53 Å². The van der Waals surface area contributed by atoms with Crippen LogP contribution in [0, 0.1) is 6.92 Å². The van der Waals surface area contributed by atoms with Crippen molar-refractivity contribution in [2.45, 2.75) is 32.4 Å². The Morgan fingerprint density at radius 3 is 2.75 bits per heavy atom. The van der Waals surface area contributed by atoms with Crippen molar-refractivity contribution in [3.05, 3.63) is 62.1 Å². The molecule has 1 aliphatic rings. The molecule has 4 rings (SSSR count). The van der Waals surface area contributed by atoms with Crippen LogP contribution in [-0.4, -0.2) is 34.3 Å². The first kappa shape index (κ1) is 18.6. The average Bonchev–Trinajstić information content (AvgIpc) is 3.37. The molecule has 0 bridgehead atoms. The second-order valence-electron chi connectivity index (χ2n) is 6.92. The number of nitrogens with one attached hydrogen (secondary N) is 1. The minimum atomic E-state index is -0.521. The smallest absolute Gasteiger partial charge is 0.336 e. The number of rotatable bonds is 5. The quantitative estimate of drug-likeness (QED) is 0.710. The van der Waals surface area contributed by atoms with Gasteiger partial charge in [0.2, 0.25) is 5.91 Å². The fourth-order valence-corrected chi connectivity index (χ4v) is 4.22. The third kappa shape index (κ3) is 3.53. The molecule has 28 heavy (non-hydrogen) atoms. The van der Waals surface area contributed by atoms with Crippen molar-refractivity contribution in [2.75, 3.05) is 13.2 Å². The summed E-state index contributed by atoms with van der Waals surface area (Å²) in [6, 6.07) is 8.87. The SMILES string of the molecule is Cc1ccc(-n2c(=O)c3sccc3n(CC(=O)NCC3CCCO3)c2=O)cc1. The van der Waals surface area contributed by atoms with Gasteiger partial charge in [0.1, 0.15) is 11.2 Å². The zero-order valence-corrected chi connectivity index (χ0v) is 16.3. The summed E-state index contributed by atoms with van der Waals surface area (Å²) in [5.74, 6) is -0.279. The minimum absolute atomic E-state index is 0.0309. The molecule has 1 aromatic carbocycles. The zero-order chi connectivity index (χ0) is 19.7. The van der Waals surface area contributed by atoms with Crippen LogP contribution in [0.3, 0.4) is 0 Å². The highest BCUT2D eigenvalue weighted by Crippen LogP contribution is 2.17. The zero-order valence-electron chi connectivity index (χ0n) is 15.5. The first-order valence-electron chi connectivity index (χ1n) is 9.23. The second-order valence-corrected chi connectivity index (χ2v) is 7.84. The highest BCUT2D eigenvalue weighted by molar-refractivity contribution is 7.17. The number of hydrogen-bond donors (Lipinski definition) is 1. The normalized spacial score (nSPS) is 16.5. The van der Waals surface area contributed by atoms with Gasteiger partial charge >= 0.3 is 5.69 Å². The van der Waals surface area contributed by atoms with E-state index >= 15 is 0 Å². The van der Waals surface area contributed by atoms with Gasteiger partial charge in [0, 0.05) is 13.2 Å². The van der Waals surface area contributed by atoms with Crippen LogP contribution in [0.4, 0.5) is 0 Å². The molecular weight excluding hydrogens is 378 g/mol. The van der Waals surface area contributed by atoms with Crippen molar-refractivity contribution in [3.8, 4) is 5.69 Å². The molecule has 2 aromatic heterocycles. The average molecular weight is 399 g/mol. The first-order valence-corrected chi connectivity index (χ1v) is 10.1. The fraction of sp³-hybridized carbons (Fsp3) is 0.350. The molecule has 0 radical (unpaired) electrons. The number of thiophene rings is 1. The molecule has 1 N–H and O–H groups in total. The van der Waals surface area contributed by atoms with Gasteiger partial charge in [-0.05, 0) is 43.3 Å². The summed E-state index contributed by atoms with van der Waals surface area (Å²) in [7, 11) is 0. The highest BCUT2D eigenvalue weighted by atomic mass is 32.1. The third-order valence-electron chi connectivity index (χ3n) is 4.90. The van der Waals surface area contributed by atoms with E-state index in [-0.39, 0.29) is 24.1 Å². The lowest BCUT2D eigenvalue weighted by atomic mass is 10.2. The summed E-state index contributed by atoms with van der Waals surface area (Å²) in [5, 5.41) is 4.59. The highest BCUT2D eigenvalue weighted by Gasteiger charge is 2.19. The van der Waals surface area contributed by atoms with Gasteiger partial charge in [-0.15, -0.1) is 11.3 Å². The standard InChI is InChI=1S/C20H21N3O4S/c1-13-4-6-14(7-5-13)23-19(25)18-16(8-10-28-18)22(20(23)26)12-17(24)21-11-15-3-2-9-27-15/h4-8,10,15H,2-3,9,11-12H2,1H3,(H,21,24). The van der Waals surface area contributed by atoms with Crippen molar-refractivity contribution in [2.24, 2.45) is 0 Å². The maximum atomic E-state index is 13.1. The predicted octanol–water partition coefficient (Wildman–Crippen LogP) is 1.82. The van der Waals surface area contributed by atoms with Gasteiger partial charge in [-0.2, -0.15) is 0 Å². The van der Waals surface area contributed by atoms with Gasteiger partial charge < -0.3 is 10.1 Å².